The van der Waals surface area contributed by atoms with Gasteiger partial charge in [-0.2, -0.15) is 0 Å². The van der Waals surface area contributed by atoms with Gasteiger partial charge in [-0.1, -0.05) is 0 Å². The standard InChI is InChI=1S/C45H92N2O21/c1-46-5-7-50-9-11-52-13-15-54-17-19-56-21-23-58-25-27-60-29-31-62-33-35-64-37-39-66-41-43-68-44-42-67-40-38-65-36-34-63-32-30-61-28-26-59-24-22-57-20-18-55-16-14-53-12-10-51-8-6-47-4-2-3-45(48)49/h46-47H,2-44H2,1H3,(H,48,49). The molecular formula is C45H92N2O21. The molecule has 0 saturated carbocycles. The summed E-state index contributed by atoms with van der Waals surface area (Å²) in [6, 6.07) is 0. The number of nitrogens with one attached hydrogen (secondary N) is 2. The number of carbonyl (C=O) groups is 1. The Kier molecular flexibility index (Phi) is 62.4. The highest BCUT2D eigenvalue weighted by atomic mass is 16.6. The zero-order valence-corrected chi connectivity index (χ0v) is 41.5. The molecular weight excluding hydrogens is 904 g/mol. The van der Waals surface area contributed by atoms with Crippen LogP contribution in [0.15, 0.2) is 0 Å². The van der Waals surface area contributed by atoms with E-state index >= 15 is 0 Å². The summed E-state index contributed by atoms with van der Waals surface area (Å²) in [5, 5.41) is 14.7. The number of aliphatic carboxylic acids is 1. The number of hydrogen-bond donors (Lipinski definition) is 3. The van der Waals surface area contributed by atoms with Crippen molar-refractivity contribution >= 4 is 5.97 Å². The van der Waals surface area contributed by atoms with Crippen molar-refractivity contribution in [1.29, 1.82) is 0 Å². The van der Waals surface area contributed by atoms with Gasteiger partial charge in [-0.05, 0) is 20.0 Å². The average molecular weight is 997 g/mol. The lowest BCUT2D eigenvalue weighted by Crippen LogP contribution is -2.22. The Morgan fingerprint density at radius 1 is 0.265 bits per heavy atom. The van der Waals surface area contributed by atoms with Gasteiger partial charge >= 0.3 is 5.97 Å². The number of ether oxygens (including phenoxy) is 19. The minimum atomic E-state index is -0.776. The highest BCUT2D eigenvalue weighted by molar-refractivity contribution is 5.66. The van der Waals surface area contributed by atoms with Crippen LogP contribution in [0.1, 0.15) is 12.8 Å². The molecule has 23 heteroatoms. The van der Waals surface area contributed by atoms with Gasteiger partial charge < -0.3 is 106 Å². The molecule has 0 unspecified atom stereocenters. The molecule has 0 atom stereocenters. The van der Waals surface area contributed by atoms with E-state index in [1.807, 2.05) is 7.05 Å². The number of carboxylic acid groups (broad SMARTS) is 1. The van der Waals surface area contributed by atoms with E-state index in [0.29, 0.717) is 271 Å². The molecule has 68 heavy (non-hydrogen) atoms. The maximum atomic E-state index is 10.4. The summed E-state index contributed by atoms with van der Waals surface area (Å²) in [6.07, 6.45) is 0.789. The first-order chi connectivity index (χ1) is 33.8. The summed E-state index contributed by atoms with van der Waals surface area (Å²) < 4.78 is 104. The maximum Gasteiger partial charge on any atom is 0.303 e. The monoisotopic (exact) mass is 997 g/mol. The number of carboxylic acids is 1. The van der Waals surface area contributed by atoms with E-state index in [4.69, 9.17) is 95.1 Å². The summed E-state index contributed by atoms with van der Waals surface area (Å²) in [4.78, 5) is 10.4. The Morgan fingerprint density at radius 3 is 0.588 bits per heavy atom. The Labute approximate surface area is 406 Å². The van der Waals surface area contributed by atoms with Crippen molar-refractivity contribution in [2.45, 2.75) is 12.8 Å². The highest BCUT2D eigenvalue weighted by Gasteiger charge is 2.00. The van der Waals surface area contributed by atoms with Crippen LogP contribution >= 0.6 is 0 Å². The molecule has 0 aliphatic heterocycles. The zero-order valence-electron chi connectivity index (χ0n) is 41.5. The minimum absolute atomic E-state index is 0.177. The van der Waals surface area contributed by atoms with Crippen LogP contribution in [-0.4, -0.2) is 289 Å². The molecule has 0 heterocycles. The van der Waals surface area contributed by atoms with Gasteiger partial charge in [-0.25, -0.2) is 0 Å². The Hall–Kier alpha value is -1.37. The van der Waals surface area contributed by atoms with Crippen molar-refractivity contribution < 1.29 is 99.9 Å². The van der Waals surface area contributed by atoms with Gasteiger partial charge in [0.15, 0.2) is 0 Å². The van der Waals surface area contributed by atoms with E-state index in [0.717, 1.165) is 6.54 Å². The zero-order chi connectivity index (χ0) is 48.8. The van der Waals surface area contributed by atoms with Crippen LogP contribution in [-0.2, 0) is 94.8 Å². The first kappa shape index (κ1) is 66.6. The highest BCUT2D eigenvalue weighted by Crippen LogP contribution is 1.90. The predicted molar refractivity (Wildman–Crippen MR) is 249 cm³/mol. The second kappa shape index (κ2) is 63.6. The third kappa shape index (κ3) is 64.6. The lowest BCUT2D eigenvalue weighted by molar-refractivity contribution is -0.137. The average Bonchev–Trinajstić information content (AvgIpc) is 3.34. The maximum absolute atomic E-state index is 10.4. The SMILES string of the molecule is CNCCOCCOCCOCCOCCOCCOCCOCCOCCOCCOCCOCCOCCOCCOCCOCCOCCOCCOCCOCCNCCCC(=O)O. The van der Waals surface area contributed by atoms with Crippen molar-refractivity contribution in [3.05, 3.63) is 0 Å². The molecule has 3 N–H and O–H groups in total. The van der Waals surface area contributed by atoms with Crippen molar-refractivity contribution in [1.82, 2.24) is 10.6 Å². The van der Waals surface area contributed by atoms with Gasteiger partial charge in [0.25, 0.3) is 0 Å². The molecule has 0 amide bonds. The summed E-state index contributed by atoms with van der Waals surface area (Å²) in [7, 11) is 1.89. The Bertz CT molecular complexity index is 927. The summed E-state index contributed by atoms with van der Waals surface area (Å²) in [5.74, 6) is -0.776. The van der Waals surface area contributed by atoms with Gasteiger partial charge in [-0.3, -0.25) is 4.79 Å². The van der Waals surface area contributed by atoms with Gasteiger partial charge in [0.05, 0.1) is 251 Å². The minimum Gasteiger partial charge on any atom is -0.481 e. The topological polar surface area (TPSA) is 237 Å². The normalized spacial score (nSPS) is 11.7. The van der Waals surface area contributed by atoms with E-state index in [1.165, 1.54) is 0 Å². The van der Waals surface area contributed by atoms with E-state index in [-0.39, 0.29) is 6.42 Å². The van der Waals surface area contributed by atoms with Gasteiger partial charge in [0.2, 0.25) is 0 Å². The van der Waals surface area contributed by atoms with E-state index in [2.05, 4.69) is 10.6 Å². The van der Waals surface area contributed by atoms with Crippen LogP contribution in [0.2, 0.25) is 0 Å². The molecule has 0 aromatic rings. The molecule has 0 radical (unpaired) electrons. The second-order valence-corrected chi connectivity index (χ2v) is 14.0. The van der Waals surface area contributed by atoms with Crippen LogP contribution in [0.4, 0.5) is 0 Å². The molecule has 0 aliphatic rings. The van der Waals surface area contributed by atoms with E-state index in [9.17, 15) is 4.79 Å². The molecule has 0 bridgehead atoms. The van der Waals surface area contributed by atoms with Crippen LogP contribution < -0.4 is 10.6 Å². The fourth-order valence-electron chi connectivity index (χ4n) is 4.87. The summed E-state index contributed by atoms with van der Waals surface area (Å²) in [6.45, 7) is 21.5. The van der Waals surface area contributed by atoms with Crippen molar-refractivity contribution in [3.8, 4) is 0 Å². The summed E-state index contributed by atoms with van der Waals surface area (Å²) >= 11 is 0. The number of likely N-dealkylation sites (N-methyl/N-ethyl adjacent to an activating group) is 1. The van der Waals surface area contributed by atoms with Crippen LogP contribution in [0.25, 0.3) is 0 Å². The Morgan fingerprint density at radius 2 is 0.426 bits per heavy atom. The fraction of sp³-hybridized carbons (Fsp3) is 0.978. The smallest absolute Gasteiger partial charge is 0.303 e. The van der Waals surface area contributed by atoms with Crippen LogP contribution in [0.5, 0.6) is 0 Å². The number of rotatable bonds is 64. The van der Waals surface area contributed by atoms with Crippen LogP contribution in [0, 0.1) is 0 Å². The predicted octanol–water partition coefficient (Wildman–Crippen LogP) is -0.0244. The third-order valence-electron chi connectivity index (χ3n) is 8.36. The first-order valence-corrected chi connectivity index (χ1v) is 24.3. The van der Waals surface area contributed by atoms with Crippen LogP contribution in [0.3, 0.4) is 0 Å². The second-order valence-electron chi connectivity index (χ2n) is 14.0. The summed E-state index contributed by atoms with van der Waals surface area (Å²) in [5.41, 5.74) is 0. The lowest BCUT2D eigenvalue weighted by Gasteiger charge is -2.09. The van der Waals surface area contributed by atoms with E-state index in [1.54, 1.807) is 0 Å². The molecule has 408 valence electrons. The van der Waals surface area contributed by atoms with Crippen molar-refractivity contribution in [3.63, 3.8) is 0 Å². The molecule has 0 rings (SSSR count). The molecule has 0 aliphatic carbocycles. The molecule has 0 spiro atoms. The molecule has 0 aromatic heterocycles. The van der Waals surface area contributed by atoms with Gasteiger partial charge in [0.1, 0.15) is 0 Å². The van der Waals surface area contributed by atoms with Gasteiger partial charge in [-0.15, -0.1) is 0 Å². The molecule has 23 nitrogen and oxygen atoms in total. The third-order valence-corrected chi connectivity index (χ3v) is 8.36. The number of hydrogen-bond acceptors (Lipinski definition) is 22. The van der Waals surface area contributed by atoms with Crippen molar-refractivity contribution in [2.24, 2.45) is 0 Å². The fourth-order valence-corrected chi connectivity index (χ4v) is 4.87. The molecule has 0 fully saturated rings. The Balaban J connectivity index is 3.07. The molecule has 0 saturated heterocycles. The molecule has 0 aromatic carbocycles. The van der Waals surface area contributed by atoms with Crippen molar-refractivity contribution in [2.75, 3.05) is 278 Å². The largest absolute Gasteiger partial charge is 0.481 e. The lowest BCUT2D eigenvalue weighted by atomic mass is 10.3. The quantitative estimate of drug-likeness (QED) is 0.0679. The first-order valence-electron chi connectivity index (χ1n) is 24.3. The van der Waals surface area contributed by atoms with E-state index < -0.39 is 5.97 Å². The van der Waals surface area contributed by atoms with Gasteiger partial charge in [0, 0.05) is 19.5 Å².